The Morgan fingerprint density at radius 3 is 2.29 bits per heavy atom. The van der Waals surface area contributed by atoms with Crippen molar-refractivity contribution in [2.24, 2.45) is 0 Å². The molecule has 0 aliphatic heterocycles. The van der Waals surface area contributed by atoms with Crippen LogP contribution in [0.2, 0.25) is 0 Å². The Balaban J connectivity index is 1.69. The standard InChI is InChI=1S/C25H18FN3OS/c26-19-11-13-20(14-12-19)29-24(30)23-22(21(15-27-23)18-9-5-2-6-10-18)28-25(29)31-16-17-7-3-1-4-8-17/h1-15,27H,16H2. The summed E-state index contributed by atoms with van der Waals surface area (Å²) >= 11 is 1.48. The fourth-order valence-electron chi connectivity index (χ4n) is 3.51. The van der Waals surface area contributed by atoms with Crippen LogP contribution in [0.3, 0.4) is 0 Å². The number of nitrogens with one attached hydrogen (secondary N) is 1. The first kappa shape index (κ1) is 19.3. The molecule has 0 unspecified atom stereocenters. The van der Waals surface area contributed by atoms with Gasteiger partial charge in [-0.15, -0.1) is 0 Å². The first-order chi connectivity index (χ1) is 15.2. The Hall–Kier alpha value is -3.64. The van der Waals surface area contributed by atoms with Crippen molar-refractivity contribution in [1.82, 2.24) is 14.5 Å². The van der Waals surface area contributed by atoms with Crippen LogP contribution >= 0.6 is 11.8 Å². The van der Waals surface area contributed by atoms with Gasteiger partial charge in [0.2, 0.25) is 0 Å². The minimum Gasteiger partial charge on any atom is -0.355 e. The second-order valence-electron chi connectivity index (χ2n) is 7.08. The van der Waals surface area contributed by atoms with Gasteiger partial charge in [-0.2, -0.15) is 0 Å². The van der Waals surface area contributed by atoms with E-state index in [1.54, 1.807) is 16.7 Å². The number of benzene rings is 3. The van der Waals surface area contributed by atoms with Crippen LogP contribution in [0.15, 0.2) is 101 Å². The van der Waals surface area contributed by atoms with Gasteiger partial charge in [-0.25, -0.2) is 9.37 Å². The molecule has 6 heteroatoms. The Bertz CT molecular complexity index is 1390. The van der Waals surface area contributed by atoms with Crippen LogP contribution in [0.25, 0.3) is 27.8 Å². The van der Waals surface area contributed by atoms with Crippen molar-refractivity contribution in [3.05, 3.63) is 113 Å². The lowest BCUT2D eigenvalue weighted by Crippen LogP contribution is -2.21. The molecule has 0 atom stereocenters. The van der Waals surface area contributed by atoms with Crippen molar-refractivity contribution in [2.45, 2.75) is 10.9 Å². The van der Waals surface area contributed by atoms with Crippen molar-refractivity contribution in [3.63, 3.8) is 0 Å². The monoisotopic (exact) mass is 427 g/mol. The fraction of sp³-hybridized carbons (Fsp3) is 0.0400. The first-order valence-corrected chi connectivity index (χ1v) is 10.8. The number of aromatic amines is 1. The molecule has 0 aliphatic carbocycles. The molecule has 2 heterocycles. The van der Waals surface area contributed by atoms with E-state index in [1.165, 1.54) is 23.9 Å². The average Bonchev–Trinajstić information content (AvgIpc) is 3.24. The van der Waals surface area contributed by atoms with E-state index in [-0.39, 0.29) is 11.4 Å². The molecule has 2 aromatic heterocycles. The maximum atomic E-state index is 13.5. The van der Waals surface area contributed by atoms with E-state index in [0.29, 0.717) is 27.6 Å². The van der Waals surface area contributed by atoms with E-state index < -0.39 is 0 Å². The molecule has 0 aliphatic rings. The second-order valence-corrected chi connectivity index (χ2v) is 8.02. The predicted molar refractivity (Wildman–Crippen MR) is 123 cm³/mol. The van der Waals surface area contributed by atoms with Crippen LogP contribution in [0, 0.1) is 5.82 Å². The van der Waals surface area contributed by atoms with E-state index in [2.05, 4.69) is 4.98 Å². The number of rotatable bonds is 5. The topological polar surface area (TPSA) is 50.7 Å². The molecule has 4 nitrogen and oxygen atoms in total. The van der Waals surface area contributed by atoms with Gasteiger partial charge in [-0.1, -0.05) is 72.4 Å². The molecule has 0 spiro atoms. The van der Waals surface area contributed by atoms with Gasteiger partial charge in [0.15, 0.2) is 5.16 Å². The zero-order valence-corrected chi connectivity index (χ0v) is 17.3. The summed E-state index contributed by atoms with van der Waals surface area (Å²) in [4.78, 5) is 21.5. The van der Waals surface area contributed by atoms with Crippen LogP contribution in [-0.4, -0.2) is 14.5 Å². The first-order valence-electron chi connectivity index (χ1n) is 9.83. The maximum absolute atomic E-state index is 13.5. The van der Waals surface area contributed by atoms with Gasteiger partial charge in [0.1, 0.15) is 16.9 Å². The molecule has 0 saturated carbocycles. The zero-order valence-electron chi connectivity index (χ0n) is 16.5. The van der Waals surface area contributed by atoms with E-state index in [4.69, 9.17) is 4.98 Å². The van der Waals surface area contributed by atoms with Crippen molar-refractivity contribution in [3.8, 4) is 16.8 Å². The number of nitrogens with zero attached hydrogens (tertiary/aromatic N) is 2. The van der Waals surface area contributed by atoms with Gasteiger partial charge >= 0.3 is 0 Å². The van der Waals surface area contributed by atoms with Gasteiger partial charge in [0.05, 0.1) is 5.69 Å². The highest BCUT2D eigenvalue weighted by atomic mass is 32.2. The molecular weight excluding hydrogens is 409 g/mol. The van der Waals surface area contributed by atoms with Crippen LogP contribution in [0.4, 0.5) is 4.39 Å². The maximum Gasteiger partial charge on any atom is 0.283 e. The molecule has 152 valence electrons. The van der Waals surface area contributed by atoms with Crippen LogP contribution in [0.5, 0.6) is 0 Å². The summed E-state index contributed by atoms with van der Waals surface area (Å²) in [6.45, 7) is 0. The molecule has 0 fully saturated rings. The highest BCUT2D eigenvalue weighted by Crippen LogP contribution is 2.30. The molecule has 0 saturated heterocycles. The molecule has 0 bridgehead atoms. The summed E-state index contributed by atoms with van der Waals surface area (Å²) in [6.07, 6.45) is 1.81. The molecule has 5 aromatic rings. The van der Waals surface area contributed by atoms with E-state index in [0.717, 1.165) is 16.7 Å². The lowest BCUT2D eigenvalue weighted by molar-refractivity contribution is 0.627. The molecule has 0 radical (unpaired) electrons. The molecule has 5 rings (SSSR count). The summed E-state index contributed by atoms with van der Waals surface area (Å²) < 4.78 is 15.0. The van der Waals surface area contributed by atoms with E-state index >= 15 is 0 Å². The largest absolute Gasteiger partial charge is 0.355 e. The summed E-state index contributed by atoms with van der Waals surface area (Å²) in [5.74, 6) is 0.306. The average molecular weight is 428 g/mol. The van der Waals surface area contributed by atoms with Gasteiger partial charge in [-0.3, -0.25) is 9.36 Å². The normalized spacial score (nSPS) is 11.1. The summed E-state index contributed by atoms with van der Waals surface area (Å²) in [7, 11) is 0. The Morgan fingerprint density at radius 2 is 1.58 bits per heavy atom. The number of aromatic nitrogens is 3. The predicted octanol–water partition coefficient (Wildman–Crippen LogP) is 5.81. The number of halogens is 1. The molecule has 3 aromatic carbocycles. The van der Waals surface area contributed by atoms with Crippen molar-refractivity contribution < 1.29 is 4.39 Å². The van der Waals surface area contributed by atoms with Crippen LogP contribution < -0.4 is 5.56 Å². The SMILES string of the molecule is O=c1c2[nH]cc(-c3ccccc3)c2nc(SCc2ccccc2)n1-c1ccc(F)cc1. The Labute approximate surface area is 182 Å². The zero-order chi connectivity index (χ0) is 21.2. The van der Waals surface area contributed by atoms with E-state index in [9.17, 15) is 9.18 Å². The highest BCUT2D eigenvalue weighted by Gasteiger charge is 2.18. The smallest absolute Gasteiger partial charge is 0.283 e. The number of hydrogen-bond donors (Lipinski definition) is 1. The molecular formula is C25H18FN3OS. The third kappa shape index (κ3) is 3.78. The lowest BCUT2D eigenvalue weighted by atomic mass is 10.1. The van der Waals surface area contributed by atoms with Gasteiger partial charge < -0.3 is 4.98 Å². The van der Waals surface area contributed by atoms with Crippen LogP contribution in [-0.2, 0) is 5.75 Å². The van der Waals surface area contributed by atoms with E-state index in [1.807, 2.05) is 66.9 Å². The van der Waals surface area contributed by atoms with Gasteiger partial charge in [0.25, 0.3) is 5.56 Å². The summed E-state index contributed by atoms with van der Waals surface area (Å²) in [6, 6.07) is 25.8. The van der Waals surface area contributed by atoms with Crippen molar-refractivity contribution in [1.29, 1.82) is 0 Å². The van der Waals surface area contributed by atoms with Crippen molar-refractivity contribution in [2.75, 3.05) is 0 Å². The Morgan fingerprint density at radius 1 is 0.903 bits per heavy atom. The third-order valence-electron chi connectivity index (χ3n) is 5.05. The van der Waals surface area contributed by atoms with Crippen molar-refractivity contribution >= 4 is 22.8 Å². The Kier molecular flexibility index (Phi) is 5.14. The highest BCUT2D eigenvalue weighted by molar-refractivity contribution is 7.98. The second kappa shape index (κ2) is 8.24. The minimum absolute atomic E-state index is 0.214. The van der Waals surface area contributed by atoms with Gasteiger partial charge in [-0.05, 0) is 35.4 Å². The van der Waals surface area contributed by atoms with Crippen LogP contribution in [0.1, 0.15) is 5.56 Å². The molecule has 0 amide bonds. The molecule has 1 N–H and O–H groups in total. The minimum atomic E-state index is -0.351. The fourth-order valence-corrected chi connectivity index (χ4v) is 4.48. The lowest BCUT2D eigenvalue weighted by Gasteiger charge is -2.12. The molecule has 31 heavy (non-hydrogen) atoms. The quantitative estimate of drug-likeness (QED) is 0.284. The number of fused-ring (bicyclic) bond motifs is 1. The summed E-state index contributed by atoms with van der Waals surface area (Å²) in [5.41, 5.74) is 4.41. The number of hydrogen-bond acceptors (Lipinski definition) is 3. The number of thioether (sulfide) groups is 1. The summed E-state index contributed by atoms with van der Waals surface area (Å²) in [5, 5.41) is 0.560. The number of H-pyrrole nitrogens is 1. The van der Waals surface area contributed by atoms with Gasteiger partial charge in [0, 0.05) is 17.5 Å². The third-order valence-corrected chi connectivity index (χ3v) is 6.06.